The number of ether oxygens (including phenoxy) is 3. The predicted molar refractivity (Wildman–Crippen MR) is 96.2 cm³/mol. The predicted octanol–water partition coefficient (Wildman–Crippen LogP) is 3.25. The maximum absolute atomic E-state index is 12.2. The third kappa shape index (κ3) is 4.41. The van der Waals surface area contributed by atoms with Gasteiger partial charge in [-0.05, 0) is 37.1 Å². The first kappa shape index (κ1) is 19.0. The number of nitrogens with zero attached hydrogens (tertiary/aromatic N) is 1. The molecule has 0 aliphatic carbocycles. The number of methoxy groups -OCH3 is 2. The molecule has 0 atom stereocenters. The van der Waals surface area contributed by atoms with Gasteiger partial charge in [-0.15, -0.1) is 0 Å². The van der Waals surface area contributed by atoms with Crippen LogP contribution < -0.4 is 19.5 Å². The summed E-state index contributed by atoms with van der Waals surface area (Å²) >= 11 is 0. The second-order valence-electron chi connectivity index (χ2n) is 5.59. The van der Waals surface area contributed by atoms with Gasteiger partial charge >= 0.3 is 5.69 Å². The number of benzene rings is 2. The highest BCUT2D eigenvalue weighted by Crippen LogP contribution is 2.32. The molecule has 1 N–H and O–H groups in total. The summed E-state index contributed by atoms with van der Waals surface area (Å²) < 4.78 is 15.7. The Morgan fingerprint density at radius 1 is 1.15 bits per heavy atom. The largest absolute Gasteiger partial charge is 0.497 e. The van der Waals surface area contributed by atoms with Crippen LogP contribution in [0, 0.1) is 24.0 Å². The third-order valence-corrected chi connectivity index (χ3v) is 3.63. The molecule has 0 unspecified atom stereocenters. The Hall–Kier alpha value is -3.29. The van der Waals surface area contributed by atoms with E-state index in [0.717, 1.165) is 5.56 Å². The normalized spacial score (nSPS) is 10.2. The summed E-state index contributed by atoms with van der Waals surface area (Å²) in [5.74, 6) is 0.623. The van der Waals surface area contributed by atoms with Crippen molar-refractivity contribution in [1.29, 1.82) is 0 Å². The second-order valence-corrected chi connectivity index (χ2v) is 5.59. The first-order valence-electron chi connectivity index (χ1n) is 7.76. The minimum atomic E-state index is -0.528. The first-order valence-corrected chi connectivity index (χ1v) is 7.76. The molecule has 0 spiro atoms. The Labute approximate surface area is 150 Å². The van der Waals surface area contributed by atoms with Crippen molar-refractivity contribution >= 4 is 17.3 Å². The standard InChI is InChI=1S/C18H20N2O6/c1-11-7-12(2)18(15(8-11)20(22)23)26-10-17(21)19-14-6-5-13(24-3)9-16(14)25-4/h5-9H,10H2,1-4H3,(H,19,21). The lowest BCUT2D eigenvalue weighted by molar-refractivity contribution is -0.385. The lowest BCUT2D eigenvalue weighted by Gasteiger charge is -2.13. The Balaban J connectivity index is 2.12. The highest BCUT2D eigenvalue weighted by atomic mass is 16.6. The van der Waals surface area contributed by atoms with Gasteiger partial charge in [0.25, 0.3) is 5.91 Å². The van der Waals surface area contributed by atoms with Crippen LogP contribution in [0.1, 0.15) is 11.1 Å². The second kappa shape index (κ2) is 8.19. The number of aryl methyl sites for hydroxylation is 2. The van der Waals surface area contributed by atoms with E-state index in [1.165, 1.54) is 20.3 Å². The van der Waals surface area contributed by atoms with Crippen molar-refractivity contribution in [3.05, 3.63) is 51.6 Å². The monoisotopic (exact) mass is 360 g/mol. The van der Waals surface area contributed by atoms with Crippen molar-refractivity contribution in [2.24, 2.45) is 0 Å². The molecule has 1 amide bonds. The Kier molecular flexibility index (Phi) is 6.00. The molecule has 0 aliphatic rings. The number of hydrogen-bond acceptors (Lipinski definition) is 6. The van der Waals surface area contributed by atoms with Crippen LogP contribution in [0.3, 0.4) is 0 Å². The van der Waals surface area contributed by atoms with E-state index in [1.807, 2.05) is 0 Å². The zero-order chi connectivity index (χ0) is 19.3. The molecule has 0 saturated heterocycles. The summed E-state index contributed by atoms with van der Waals surface area (Å²) in [5, 5.41) is 13.9. The number of nitro groups is 1. The fraction of sp³-hybridized carbons (Fsp3) is 0.278. The summed E-state index contributed by atoms with van der Waals surface area (Å²) in [4.78, 5) is 22.8. The molecular weight excluding hydrogens is 340 g/mol. The molecule has 2 rings (SSSR count). The fourth-order valence-corrected chi connectivity index (χ4v) is 2.48. The number of amides is 1. The Morgan fingerprint density at radius 2 is 1.88 bits per heavy atom. The van der Waals surface area contributed by atoms with Crippen LogP contribution in [-0.4, -0.2) is 31.7 Å². The molecule has 8 heteroatoms. The van der Waals surface area contributed by atoms with Crippen LogP contribution in [0.4, 0.5) is 11.4 Å². The van der Waals surface area contributed by atoms with Gasteiger partial charge in [0.1, 0.15) is 11.5 Å². The third-order valence-electron chi connectivity index (χ3n) is 3.63. The van der Waals surface area contributed by atoms with Crippen molar-refractivity contribution in [1.82, 2.24) is 0 Å². The number of nitrogens with one attached hydrogen (secondary N) is 1. The average Bonchev–Trinajstić information content (AvgIpc) is 2.60. The van der Waals surface area contributed by atoms with Crippen LogP contribution in [0.25, 0.3) is 0 Å². The molecule has 0 saturated carbocycles. The molecule has 0 aromatic heterocycles. The van der Waals surface area contributed by atoms with Crippen molar-refractivity contribution in [2.45, 2.75) is 13.8 Å². The van der Waals surface area contributed by atoms with E-state index in [2.05, 4.69) is 5.32 Å². The number of rotatable bonds is 7. The average molecular weight is 360 g/mol. The molecular formula is C18H20N2O6. The van der Waals surface area contributed by atoms with E-state index < -0.39 is 10.8 Å². The highest BCUT2D eigenvalue weighted by Gasteiger charge is 2.20. The lowest BCUT2D eigenvalue weighted by Crippen LogP contribution is -2.21. The number of nitro benzene ring substituents is 1. The smallest absolute Gasteiger partial charge is 0.311 e. The molecule has 0 radical (unpaired) electrons. The summed E-state index contributed by atoms with van der Waals surface area (Å²) in [6, 6.07) is 8.11. The fourth-order valence-electron chi connectivity index (χ4n) is 2.48. The van der Waals surface area contributed by atoms with Crippen molar-refractivity contribution in [3.8, 4) is 17.2 Å². The minimum Gasteiger partial charge on any atom is -0.497 e. The van der Waals surface area contributed by atoms with E-state index in [0.29, 0.717) is 22.7 Å². The maximum atomic E-state index is 12.2. The van der Waals surface area contributed by atoms with Gasteiger partial charge in [0.15, 0.2) is 6.61 Å². The molecule has 0 aliphatic heterocycles. The molecule has 0 heterocycles. The van der Waals surface area contributed by atoms with E-state index in [9.17, 15) is 14.9 Å². The van der Waals surface area contributed by atoms with Gasteiger partial charge in [0.2, 0.25) is 5.75 Å². The van der Waals surface area contributed by atoms with E-state index in [4.69, 9.17) is 14.2 Å². The van der Waals surface area contributed by atoms with Gasteiger partial charge in [-0.1, -0.05) is 6.07 Å². The Morgan fingerprint density at radius 3 is 2.50 bits per heavy atom. The first-order chi connectivity index (χ1) is 12.3. The molecule has 2 aromatic rings. The molecule has 2 aromatic carbocycles. The van der Waals surface area contributed by atoms with Crippen molar-refractivity contribution in [3.63, 3.8) is 0 Å². The number of hydrogen-bond donors (Lipinski definition) is 1. The SMILES string of the molecule is COc1ccc(NC(=O)COc2c(C)cc(C)cc2[N+](=O)[O-])c(OC)c1. The number of anilines is 1. The van der Waals surface area contributed by atoms with Gasteiger partial charge in [-0.3, -0.25) is 14.9 Å². The maximum Gasteiger partial charge on any atom is 0.311 e. The van der Waals surface area contributed by atoms with Crippen LogP contribution in [0.5, 0.6) is 17.2 Å². The van der Waals surface area contributed by atoms with Gasteiger partial charge < -0.3 is 19.5 Å². The highest BCUT2D eigenvalue weighted by molar-refractivity contribution is 5.93. The molecule has 0 fully saturated rings. The number of carbonyl (C=O) groups is 1. The summed E-state index contributed by atoms with van der Waals surface area (Å²) in [6.07, 6.45) is 0. The van der Waals surface area contributed by atoms with E-state index >= 15 is 0 Å². The summed E-state index contributed by atoms with van der Waals surface area (Å²) in [7, 11) is 3.00. The summed E-state index contributed by atoms with van der Waals surface area (Å²) in [6.45, 7) is 3.08. The van der Waals surface area contributed by atoms with Crippen LogP contribution in [-0.2, 0) is 4.79 Å². The number of carbonyl (C=O) groups excluding carboxylic acids is 1. The summed E-state index contributed by atoms with van der Waals surface area (Å²) in [5.41, 5.74) is 1.61. The van der Waals surface area contributed by atoms with E-state index in [-0.39, 0.29) is 18.0 Å². The van der Waals surface area contributed by atoms with Gasteiger partial charge in [0.05, 0.1) is 24.8 Å². The quantitative estimate of drug-likeness (QED) is 0.601. The Bertz CT molecular complexity index is 835. The topological polar surface area (TPSA) is 99.9 Å². The zero-order valence-corrected chi connectivity index (χ0v) is 15.0. The lowest BCUT2D eigenvalue weighted by atomic mass is 10.1. The van der Waals surface area contributed by atoms with Crippen molar-refractivity contribution < 1.29 is 23.9 Å². The van der Waals surface area contributed by atoms with E-state index in [1.54, 1.807) is 38.1 Å². The molecule has 8 nitrogen and oxygen atoms in total. The van der Waals surface area contributed by atoms with Gasteiger partial charge in [-0.25, -0.2) is 0 Å². The van der Waals surface area contributed by atoms with Crippen LogP contribution in [0.2, 0.25) is 0 Å². The molecule has 138 valence electrons. The minimum absolute atomic E-state index is 0.0810. The zero-order valence-electron chi connectivity index (χ0n) is 15.0. The van der Waals surface area contributed by atoms with Crippen LogP contribution >= 0.6 is 0 Å². The van der Waals surface area contributed by atoms with Gasteiger partial charge in [0, 0.05) is 12.1 Å². The molecule has 26 heavy (non-hydrogen) atoms. The van der Waals surface area contributed by atoms with Crippen molar-refractivity contribution in [2.75, 3.05) is 26.1 Å². The van der Waals surface area contributed by atoms with Crippen LogP contribution in [0.15, 0.2) is 30.3 Å². The van der Waals surface area contributed by atoms with Gasteiger partial charge in [-0.2, -0.15) is 0 Å². The molecule has 0 bridgehead atoms.